The summed E-state index contributed by atoms with van der Waals surface area (Å²) in [7, 11) is 1.59. The maximum Gasteiger partial charge on any atom is 0.126 e. The van der Waals surface area contributed by atoms with Crippen molar-refractivity contribution in [2.24, 2.45) is 0 Å². The SMILES string of the molecule is CCCN1Cc2nc3c(-c4cc(F)ccc4OC)cccc3c(N)c2C1. The molecule has 134 valence electrons. The van der Waals surface area contributed by atoms with Crippen LogP contribution in [0, 0.1) is 5.82 Å². The summed E-state index contributed by atoms with van der Waals surface area (Å²) >= 11 is 0. The van der Waals surface area contributed by atoms with E-state index >= 15 is 0 Å². The number of pyridine rings is 1. The van der Waals surface area contributed by atoms with Crippen LogP contribution in [-0.4, -0.2) is 23.5 Å². The van der Waals surface area contributed by atoms with Crippen LogP contribution in [0.3, 0.4) is 0 Å². The average molecular weight is 351 g/mol. The standard InChI is InChI=1S/C21H22FN3O/c1-3-9-25-11-17-18(12-25)24-21-14(5-4-6-15(21)20(17)23)16-10-13(22)7-8-19(16)26-2/h4-8,10H,3,9,11-12H2,1-2H3,(H2,23,24). The van der Waals surface area contributed by atoms with Crippen molar-refractivity contribution in [2.45, 2.75) is 26.4 Å². The zero-order valence-corrected chi connectivity index (χ0v) is 15.1. The molecule has 2 N–H and O–H groups in total. The Morgan fingerprint density at radius 3 is 2.81 bits per heavy atom. The van der Waals surface area contributed by atoms with E-state index in [-0.39, 0.29) is 5.82 Å². The van der Waals surface area contributed by atoms with Crippen LogP contribution in [-0.2, 0) is 13.1 Å². The van der Waals surface area contributed by atoms with Gasteiger partial charge in [-0.1, -0.05) is 25.1 Å². The zero-order valence-electron chi connectivity index (χ0n) is 15.1. The number of nitrogens with two attached hydrogens (primary N) is 1. The number of methoxy groups -OCH3 is 1. The molecule has 1 aromatic heterocycles. The van der Waals surface area contributed by atoms with Gasteiger partial charge in [0.1, 0.15) is 11.6 Å². The van der Waals surface area contributed by atoms with E-state index in [1.165, 1.54) is 12.1 Å². The normalized spacial score (nSPS) is 14.0. The first-order valence-corrected chi connectivity index (χ1v) is 8.88. The third-order valence-corrected chi connectivity index (χ3v) is 4.99. The van der Waals surface area contributed by atoms with Crippen LogP contribution in [0.15, 0.2) is 36.4 Å². The molecule has 0 fully saturated rings. The third-order valence-electron chi connectivity index (χ3n) is 4.99. The molecule has 1 aliphatic rings. The van der Waals surface area contributed by atoms with Crippen LogP contribution >= 0.6 is 0 Å². The number of fused-ring (bicyclic) bond motifs is 2. The number of aromatic nitrogens is 1. The molecule has 0 radical (unpaired) electrons. The van der Waals surface area contributed by atoms with Gasteiger partial charge in [0, 0.05) is 40.9 Å². The maximum absolute atomic E-state index is 13.9. The molecular formula is C21H22FN3O. The Morgan fingerprint density at radius 1 is 1.19 bits per heavy atom. The van der Waals surface area contributed by atoms with E-state index in [1.54, 1.807) is 13.2 Å². The van der Waals surface area contributed by atoms with Crippen molar-refractivity contribution >= 4 is 16.6 Å². The summed E-state index contributed by atoms with van der Waals surface area (Å²) in [6, 6.07) is 10.4. The number of halogens is 1. The van der Waals surface area contributed by atoms with E-state index in [9.17, 15) is 4.39 Å². The number of hydrogen-bond acceptors (Lipinski definition) is 4. The van der Waals surface area contributed by atoms with Crippen molar-refractivity contribution in [3.8, 4) is 16.9 Å². The summed E-state index contributed by atoms with van der Waals surface area (Å²) in [5, 5.41) is 0.908. The fraction of sp³-hybridized carbons (Fsp3) is 0.286. The summed E-state index contributed by atoms with van der Waals surface area (Å²) in [5.74, 6) is 0.313. The second-order valence-corrected chi connectivity index (χ2v) is 6.71. The minimum atomic E-state index is -0.305. The molecule has 0 spiro atoms. The number of benzene rings is 2. The lowest BCUT2D eigenvalue weighted by molar-refractivity contribution is 0.283. The lowest BCUT2D eigenvalue weighted by atomic mass is 9.98. The van der Waals surface area contributed by atoms with E-state index in [0.29, 0.717) is 11.3 Å². The monoisotopic (exact) mass is 351 g/mol. The molecule has 0 atom stereocenters. The number of ether oxygens (including phenoxy) is 1. The fourth-order valence-corrected chi connectivity index (χ4v) is 3.78. The molecule has 0 saturated carbocycles. The zero-order chi connectivity index (χ0) is 18.3. The fourth-order valence-electron chi connectivity index (χ4n) is 3.78. The van der Waals surface area contributed by atoms with Gasteiger partial charge in [-0.25, -0.2) is 4.39 Å². The molecule has 0 amide bonds. The van der Waals surface area contributed by atoms with E-state index < -0.39 is 0 Å². The average Bonchev–Trinajstić information content (AvgIpc) is 3.05. The van der Waals surface area contributed by atoms with Gasteiger partial charge in [0.05, 0.1) is 18.3 Å². The summed E-state index contributed by atoms with van der Waals surface area (Å²) in [4.78, 5) is 7.29. The molecule has 2 aromatic carbocycles. The van der Waals surface area contributed by atoms with Crippen molar-refractivity contribution in [3.05, 3.63) is 53.5 Å². The molecule has 4 rings (SSSR count). The Morgan fingerprint density at radius 2 is 2.04 bits per heavy atom. The van der Waals surface area contributed by atoms with Crippen molar-refractivity contribution < 1.29 is 9.13 Å². The summed E-state index contributed by atoms with van der Waals surface area (Å²) in [6.45, 7) is 4.84. The Labute approximate surface area is 152 Å². The Bertz CT molecular complexity index is 987. The smallest absolute Gasteiger partial charge is 0.126 e. The molecule has 3 aromatic rings. The number of rotatable bonds is 4. The quantitative estimate of drug-likeness (QED) is 0.759. The molecular weight excluding hydrogens is 329 g/mol. The van der Waals surface area contributed by atoms with Crippen molar-refractivity contribution in [2.75, 3.05) is 19.4 Å². The number of para-hydroxylation sites is 1. The van der Waals surface area contributed by atoms with Gasteiger partial charge in [-0.15, -0.1) is 0 Å². The number of nitrogens with zero attached hydrogens (tertiary/aromatic N) is 2. The highest BCUT2D eigenvalue weighted by Gasteiger charge is 2.24. The predicted molar refractivity (Wildman–Crippen MR) is 103 cm³/mol. The molecule has 0 bridgehead atoms. The topological polar surface area (TPSA) is 51.4 Å². The molecule has 0 aliphatic carbocycles. The minimum Gasteiger partial charge on any atom is -0.496 e. The minimum absolute atomic E-state index is 0.305. The highest BCUT2D eigenvalue weighted by molar-refractivity contribution is 6.02. The molecule has 0 saturated heterocycles. The summed E-state index contributed by atoms with van der Waals surface area (Å²) < 4.78 is 19.3. The second kappa shape index (κ2) is 6.57. The van der Waals surface area contributed by atoms with Gasteiger partial charge in [-0.3, -0.25) is 9.88 Å². The number of nitrogen functional groups attached to an aromatic ring is 1. The van der Waals surface area contributed by atoms with Crippen LogP contribution in [0.5, 0.6) is 5.75 Å². The highest BCUT2D eigenvalue weighted by atomic mass is 19.1. The van der Waals surface area contributed by atoms with E-state index in [1.807, 2.05) is 18.2 Å². The molecule has 0 unspecified atom stereocenters. The maximum atomic E-state index is 13.9. The molecule has 4 nitrogen and oxygen atoms in total. The number of hydrogen-bond donors (Lipinski definition) is 1. The Kier molecular flexibility index (Phi) is 4.24. The van der Waals surface area contributed by atoms with Gasteiger partial charge in [0.15, 0.2) is 0 Å². The van der Waals surface area contributed by atoms with Gasteiger partial charge in [-0.05, 0) is 31.2 Å². The van der Waals surface area contributed by atoms with Crippen LogP contribution in [0.4, 0.5) is 10.1 Å². The van der Waals surface area contributed by atoms with Crippen molar-refractivity contribution in [3.63, 3.8) is 0 Å². The van der Waals surface area contributed by atoms with E-state index in [4.69, 9.17) is 15.5 Å². The van der Waals surface area contributed by atoms with Gasteiger partial charge in [-0.2, -0.15) is 0 Å². The molecule has 1 aliphatic heterocycles. The molecule has 5 heteroatoms. The van der Waals surface area contributed by atoms with Gasteiger partial charge < -0.3 is 10.5 Å². The van der Waals surface area contributed by atoms with Crippen molar-refractivity contribution in [1.82, 2.24) is 9.88 Å². The Hall–Kier alpha value is -2.66. The van der Waals surface area contributed by atoms with Gasteiger partial charge >= 0.3 is 0 Å². The van der Waals surface area contributed by atoms with E-state index in [2.05, 4.69) is 11.8 Å². The first kappa shape index (κ1) is 16.8. The van der Waals surface area contributed by atoms with Gasteiger partial charge in [0.25, 0.3) is 0 Å². The first-order chi connectivity index (χ1) is 12.6. The first-order valence-electron chi connectivity index (χ1n) is 8.88. The van der Waals surface area contributed by atoms with Crippen LogP contribution in [0.2, 0.25) is 0 Å². The second-order valence-electron chi connectivity index (χ2n) is 6.71. The third kappa shape index (κ3) is 2.69. The van der Waals surface area contributed by atoms with Crippen LogP contribution in [0.25, 0.3) is 22.0 Å². The molecule has 26 heavy (non-hydrogen) atoms. The predicted octanol–water partition coefficient (Wildman–Crippen LogP) is 4.36. The van der Waals surface area contributed by atoms with Crippen molar-refractivity contribution in [1.29, 1.82) is 0 Å². The molecule has 2 heterocycles. The highest BCUT2D eigenvalue weighted by Crippen LogP contribution is 2.39. The van der Waals surface area contributed by atoms with Crippen LogP contribution < -0.4 is 10.5 Å². The van der Waals surface area contributed by atoms with Gasteiger partial charge in [0.2, 0.25) is 0 Å². The summed E-state index contributed by atoms with van der Waals surface area (Å²) in [6.07, 6.45) is 1.10. The lowest BCUT2D eigenvalue weighted by Crippen LogP contribution is -2.16. The van der Waals surface area contributed by atoms with Crippen LogP contribution in [0.1, 0.15) is 24.6 Å². The number of anilines is 1. The lowest BCUT2D eigenvalue weighted by Gasteiger charge is -2.14. The Balaban J connectivity index is 1.93. The van der Waals surface area contributed by atoms with E-state index in [0.717, 1.165) is 59.5 Å². The summed E-state index contributed by atoms with van der Waals surface area (Å²) in [5.41, 5.74) is 11.7. The largest absolute Gasteiger partial charge is 0.496 e.